The predicted molar refractivity (Wildman–Crippen MR) is 113 cm³/mol. The van der Waals surface area contributed by atoms with Crippen molar-refractivity contribution >= 4 is 0 Å². The molecule has 1 aliphatic rings. The van der Waals surface area contributed by atoms with Crippen molar-refractivity contribution in [1.29, 1.82) is 0 Å². The maximum Gasteiger partial charge on any atom is 0.573 e. The number of aromatic nitrogens is 2. The molecular weight excluding hydrogens is 403 g/mol. The Bertz CT molecular complexity index is 1000. The Labute approximate surface area is 180 Å². The maximum absolute atomic E-state index is 12.5. The van der Waals surface area contributed by atoms with E-state index in [1.165, 1.54) is 17.7 Å². The highest BCUT2D eigenvalue weighted by Crippen LogP contribution is 2.26. The van der Waals surface area contributed by atoms with Gasteiger partial charge in [0.25, 0.3) is 0 Å². The molecule has 0 bridgehead atoms. The molecule has 1 aliphatic heterocycles. The second kappa shape index (κ2) is 9.14. The molecule has 1 fully saturated rings. The van der Waals surface area contributed by atoms with Gasteiger partial charge in [-0.05, 0) is 49.1 Å². The standard InChI is InChI=1S/C24H26F3N3O/c1-18-14-28-23(30(18)17-19-6-3-2-4-7-19)13-21-10-11-29(16-21)15-20-8-5-9-22(12-20)31-24(25,26)27/h2-9,12,14,21H,10-11,13,15-17H2,1H3. The number of imidazole rings is 1. The van der Waals surface area contributed by atoms with Crippen LogP contribution in [-0.4, -0.2) is 33.9 Å². The summed E-state index contributed by atoms with van der Waals surface area (Å²) in [6.07, 6.45) is -0.793. The molecule has 0 radical (unpaired) electrons. The summed E-state index contributed by atoms with van der Waals surface area (Å²) in [5, 5.41) is 0. The number of benzene rings is 2. The van der Waals surface area contributed by atoms with Crippen molar-refractivity contribution < 1.29 is 17.9 Å². The van der Waals surface area contributed by atoms with Crippen LogP contribution in [0, 0.1) is 12.8 Å². The van der Waals surface area contributed by atoms with Crippen LogP contribution in [0.15, 0.2) is 60.8 Å². The summed E-state index contributed by atoms with van der Waals surface area (Å²) in [6, 6.07) is 16.6. The molecular formula is C24H26F3N3O. The number of hydrogen-bond donors (Lipinski definition) is 0. The van der Waals surface area contributed by atoms with Crippen LogP contribution in [-0.2, 0) is 19.5 Å². The van der Waals surface area contributed by atoms with Gasteiger partial charge in [0.05, 0.1) is 0 Å². The smallest absolute Gasteiger partial charge is 0.406 e. The van der Waals surface area contributed by atoms with E-state index in [0.717, 1.165) is 49.6 Å². The molecule has 0 saturated carbocycles. The van der Waals surface area contributed by atoms with Gasteiger partial charge in [-0.2, -0.15) is 0 Å². The van der Waals surface area contributed by atoms with Gasteiger partial charge in [-0.25, -0.2) is 4.98 Å². The minimum atomic E-state index is -4.67. The molecule has 1 unspecified atom stereocenters. The zero-order valence-electron chi connectivity index (χ0n) is 17.5. The van der Waals surface area contributed by atoms with Crippen LogP contribution in [0.1, 0.15) is 29.1 Å². The van der Waals surface area contributed by atoms with Crippen LogP contribution in [0.5, 0.6) is 5.75 Å². The molecule has 31 heavy (non-hydrogen) atoms. The summed E-state index contributed by atoms with van der Waals surface area (Å²) < 4.78 is 43.7. The lowest BCUT2D eigenvalue weighted by atomic mass is 10.0. The van der Waals surface area contributed by atoms with Gasteiger partial charge in [0, 0.05) is 37.9 Å². The molecule has 0 spiro atoms. The molecule has 0 amide bonds. The van der Waals surface area contributed by atoms with Crippen molar-refractivity contribution in [2.75, 3.05) is 13.1 Å². The van der Waals surface area contributed by atoms with Gasteiger partial charge in [-0.3, -0.25) is 4.90 Å². The first-order valence-electron chi connectivity index (χ1n) is 10.5. The number of alkyl halides is 3. The number of rotatable bonds is 7. The van der Waals surface area contributed by atoms with E-state index in [2.05, 4.69) is 38.2 Å². The minimum Gasteiger partial charge on any atom is -0.406 e. The molecule has 4 rings (SSSR count). The van der Waals surface area contributed by atoms with Crippen LogP contribution < -0.4 is 4.74 Å². The summed E-state index contributed by atoms with van der Waals surface area (Å²) in [6.45, 7) is 5.33. The molecule has 4 nitrogen and oxygen atoms in total. The van der Waals surface area contributed by atoms with Gasteiger partial charge in [0.2, 0.25) is 0 Å². The van der Waals surface area contributed by atoms with Gasteiger partial charge in [0.15, 0.2) is 0 Å². The van der Waals surface area contributed by atoms with E-state index < -0.39 is 6.36 Å². The third-order valence-electron chi connectivity index (χ3n) is 5.70. The zero-order valence-corrected chi connectivity index (χ0v) is 17.5. The minimum absolute atomic E-state index is 0.167. The second-order valence-corrected chi connectivity index (χ2v) is 8.18. The van der Waals surface area contributed by atoms with Crippen molar-refractivity contribution in [3.63, 3.8) is 0 Å². The van der Waals surface area contributed by atoms with Gasteiger partial charge < -0.3 is 9.30 Å². The fraction of sp³-hybridized carbons (Fsp3) is 0.375. The topological polar surface area (TPSA) is 30.3 Å². The molecule has 0 N–H and O–H groups in total. The third-order valence-corrected chi connectivity index (χ3v) is 5.70. The van der Waals surface area contributed by atoms with Gasteiger partial charge in [-0.15, -0.1) is 13.2 Å². The fourth-order valence-corrected chi connectivity index (χ4v) is 4.24. The van der Waals surface area contributed by atoms with E-state index in [0.29, 0.717) is 12.5 Å². The predicted octanol–water partition coefficient (Wildman–Crippen LogP) is 5.20. The Balaban J connectivity index is 1.36. The first-order chi connectivity index (χ1) is 14.9. The second-order valence-electron chi connectivity index (χ2n) is 8.18. The van der Waals surface area contributed by atoms with E-state index in [4.69, 9.17) is 0 Å². The summed E-state index contributed by atoms with van der Waals surface area (Å²) in [5.74, 6) is 1.40. The highest BCUT2D eigenvalue weighted by atomic mass is 19.4. The molecule has 7 heteroatoms. The monoisotopic (exact) mass is 429 g/mol. The average Bonchev–Trinajstić information content (AvgIpc) is 3.29. The van der Waals surface area contributed by atoms with Gasteiger partial charge >= 0.3 is 6.36 Å². The van der Waals surface area contributed by atoms with Gasteiger partial charge in [0.1, 0.15) is 11.6 Å². The summed E-state index contributed by atoms with van der Waals surface area (Å²) in [4.78, 5) is 6.94. The summed E-state index contributed by atoms with van der Waals surface area (Å²) >= 11 is 0. The Morgan fingerprint density at radius 1 is 1.03 bits per heavy atom. The third kappa shape index (κ3) is 5.88. The molecule has 1 aromatic heterocycles. The Morgan fingerprint density at radius 3 is 2.58 bits per heavy atom. The van der Waals surface area contributed by atoms with E-state index in [1.54, 1.807) is 6.07 Å². The number of ether oxygens (including phenoxy) is 1. The van der Waals surface area contributed by atoms with Gasteiger partial charge in [-0.1, -0.05) is 42.5 Å². The van der Waals surface area contributed by atoms with E-state index in [9.17, 15) is 13.2 Å². The average molecular weight is 429 g/mol. The molecule has 1 atom stereocenters. The zero-order chi connectivity index (χ0) is 21.8. The van der Waals surface area contributed by atoms with Crippen LogP contribution in [0.3, 0.4) is 0 Å². The molecule has 0 aliphatic carbocycles. The Morgan fingerprint density at radius 2 is 1.81 bits per heavy atom. The number of nitrogens with zero attached hydrogens (tertiary/aromatic N) is 3. The van der Waals surface area contributed by atoms with Crippen LogP contribution >= 0.6 is 0 Å². The highest BCUT2D eigenvalue weighted by Gasteiger charge is 2.31. The fourth-order valence-electron chi connectivity index (χ4n) is 4.24. The number of hydrogen-bond acceptors (Lipinski definition) is 3. The summed E-state index contributed by atoms with van der Waals surface area (Å²) in [5.41, 5.74) is 3.22. The largest absolute Gasteiger partial charge is 0.573 e. The first kappa shape index (κ1) is 21.4. The van der Waals surface area contributed by atoms with Crippen LogP contribution in [0.25, 0.3) is 0 Å². The Kier molecular flexibility index (Phi) is 6.32. The van der Waals surface area contributed by atoms with Crippen molar-refractivity contribution in [2.45, 2.75) is 39.2 Å². The summed E-state index contributed by atoms with van der Waals surface area (Å²) in [7, 11) is 0. The Hall–Kier alpha value is -2.80. The SMILES string of the molecule is Cc1cnc(CC2CCN(Cc3cccc(OC(F)(F)F)c3)C2)n1Cc1ccccc1. The first-order valence-corrected chi connectivity index (χ1v) is 10.5. The van der Waals surface area contributed by atoms with Crippen molar-refractivity contribution in [3.05, 3.63) is 83.4 Å². The lowest BCUT2D eigenvalue weighted by Gasteiger charge is -2.17. The number of aryl methyl sites for hydroxylation is 1. The normalized spacial score (nSPS) is 17.2. The number of likely N-dealkylation sites (tertiary alicyclic amines) is 1. The van der Waals surface area contributed by atoms with Crippen LogP contribution in [0.4, 0.5) is 13.2 Å². The van der Waals surface area contributed by atoms with E-state index in [-0.39, 0.29) is 5.75 Å². The molecule has 1 saturated heterocycles. The van der Waals surface area contributed by atoms with Crippen molar-refractivity contribution in [1.82, 2.24) is 14.5 Å². The maximum atomic E-state index is 12.5. The van der Waals surface area contributed by atoms with Crippen molar-refractivity contribution in [3.8, 4) is 5.75 Å². The molecule has 164 valence electrons. The number of halogens is 3. The van der Waals surface area contributed by atoms with E-state index >= 15 is 0 Å². The van der Waals surface area contributed by atoms with Crippen molar-refractivity contribution in [2.24, 2.45) is 5.92 Å². The van der Waals surface area contributed by atoms with Crippen LogP contribution in [0.2, 0.25) is 0 Å². The van der Waals surface area contributed by atoms with E-state index in [1.807, 2.05) is 30.5 Å². The lowest BCUT2D eigenvalue weighted by Crippen LogP contribution is -2.21. The highest BCUT2D eigenvalue weighted by molar-refractivity contribution is 5.28. The molecule has 3 aromatic rings. The lowest BCUT2D eigenvalue weighted by molar-refractivity contribution is -0.274. The molecule has 2 aromatic carbocycles. The quantitative estimate of drug-likeness (QED) is 0.517. The molecule has 2 heterocycles.